The molecule has 0 saturated carbocycles. The van der Waals surface area contributed by atoms with Crippen molar-refractivity contribution in [3.8, 4) is 11.1 Å². The molecular formula is C18H16Cl2O4. The van der Waals surface area contributed by atoms with Gasteiger partial charge in [0.25, 0.3) is 0 Å². The van der Waals surface area contributed by atoms with Crippen LogP contribution >= 0.6 is 23.2 Å². The van der Waals surface area contributed by atoms with Crippen molar-refractivity contribution in [2.75, 3.05) is 0 Å². The van der Waals surface area contributed by atoms with Crippen LogP contribution in [0.25, 0.3) is 11.1 Å². The summed E-state index contributed by atoms with van der Waals surface area (Å²) >= 11 is 12.5. The maximum Gasteiger partial charge on any atom is 0.303 e. The van der Waals surface area contributed by atoms with Crippen molar-refractivity contribution in [2.24, 2.45) is 0 Å². The number of carbonyl (C=O) groups is 2. The van der Waals surface area contributed by atoms with Gasteiger partial charge in [-0.15, -0.1) is 0 Å². The lowest BCUT2D eigenvalue weighted by Gasteiger charge is -2.16. The molecule has 0 aliphatic rings. The van der Waals surface area contributed by atoms with E-state index in [9.17, 15) is 9.59 Å². The molecule has 0 amide bonds. The molecule has 0 heterocycles. The normalized spacial score (nSPS) is 10.6. The molecule has 0 fully saturated rings. The van der Waals surface area contributed by atoms with Crippen molar-refractivity contribution >= 4 is 35.1 Å². The quantitative estimate of drug-likeness (QED) is 0.744. The number of benzene rings is 2. The molecular weight excluding hydrogens is 351 g/mol. The maximum absolute atomic E-state index is 10.9. The van der Waals surface area contributed by atoms with Crippen LogP contribution in [0, 0.1) is 0 Å². The van der Waals surface area contributed by atoms with Crippen LogP contribution in [0.4, 0.5) is 0 Å². The third-order valence-corrected chi connectivity index (χ3v) is 4.41. The monoisotopic (exact) mass is 366 g/mol. The zero-order valence-corrected chi connectivity index (χ0v) is 14.3. The number of carboxylic acids is 2. The van der Waals surface area contributed by atoms with E-state index in [-0.39, 0.29) is 25.7 Å². The van der Waals surface area contributed by atoms with Gasteiger partial charge in [0.2, 0.25) is 0 Å². The van der Waals surface area contributed by atoms with Crippen molar-refractivity contribution < 1.29 is 19.8 Å². The van der Waals surface area contributed by atoms with Gasteiger partial charge in [0.1, 0.15) is 0 Å². The topological polar surface area (TPSA) is 74.6 Å². The Morgan fingerprint density at radius 2 is 1.12 bits per heavy atom. The van der Waals surface area contributed by atoms with Crippen molar-refractivity contribution in [1.82, 2.24) is 0 Å². The summed E-state index contributed by atoms with van der Waals surface area (Å²) in [5.41, 5.74) is 3.01. The summed E-state index contributed by atoms with van der Waals surface area (Å²) in [6, 6.07) is 10.7. The Balaban J connectivity index is 2.51. The van der Waals surface area contributed by atoms with Gasteiger partial charge < -0.3 is 10.2 Å². The summed E-state index contributed by atoms with van der Waals surface area (Å²) in [6.45, 7) is 0. The third kappa shape index (κ3) is 4.49. The summed E-state index contributed by atoms with van der Waals surface area (Å²) < 4.78 is 0. The number of rotatable bonds is 7. The lowest BCUT2D eigenvalue weighted by atomic mass is 9.91. The van der Waals surface area contributed by atoms with Crippen LogP contribution in [-0.2, 0) is 22.4 Å². The predicted molar refractivity (Wildman–Crippen MR) is 93.8 cm³/mol. The van der Waals surface area contributed by atoms with Crippen molar-refractivity contribution in [3.05, 3.63) is 57.6 Å². The number of hydrogen-bond acceptors (Lipinski definition) is 2. The van der Waals surface area contributed by atoms with Crippen LogP contribution < -0.4 is 0 Å². The second-order valence-electron chi connectivity index (χ2n) is 5.32. The molecule has 2 aromatic rings. The van der Waals surface area contributed by atoms with Gasteiger partial charge in [-0.2, -0.15) is 0 Å². The molecule has 2 aromatic carbocycles. The van der Waals surface area contributed by atoms with Gasteiger partial charge in [0.15, 0.2) is 0 Å². The standard InChI is InChI=1S/C18H16Cl2O4/c19-15-5-1-3-11(13(15)7-9-17(21)22)12-4-2-6-16(20)14(12)8-10-18(23)24/h1-6H,7-10H2,(H,21,22)(H,23,24). The highest BCUT2D eigenvalue weighted by molar-refractivity contribution is 6.32. The molecule has 0 radical (unpaired) electrons. The Morgan fingerprint density at radius 3 is 1.46 bits per heavy atom. The highest BCUT2D eigenvalue weighted by Crippen LogP contribution is 2.35. The van der Waals surface area contributed by atoms with Crippen molar-refractivity contribution in [3.63, 3.8) is 0 Å². The fourth-order valence-electron chi connectivity index (χ4n) is 2.59. The maximum atomic E-state index is 10.9. The Kier molecular flexibility index (Phi) is 6.23. The Hall–Kier alpha value is -2.04. The van der Waals surface area contributed by atoms with Gasteiger partial charge >= 0.3 is 11.9 Å². The Labute approximate surface area is 149 Å². The first-order valence-corrected chi connectivity index (χ1v) is 8.14. The number of aliphatic carboxylic acids is 2. The lowest BCUT2D eigenvalue weighted by molar-refractivity contribution is -0.138. The molecule has 126 valence electrons. The smallest absolute Gasteiger partial charge is 0.303 e. The van der Waals surface area contributed by atoms with Crippen LogP contribution in [0.2, 0.25) is 10.0 Å². The first-order valence-electron chi connectivity index (χ1n) is 7.39. The summed E-state index contributed by atoms with van der Waals surface area (Å²) in [5, 5.41) is 18.9. The van der Waals surface area contributed by atoms with Crippen LogP contribution in [0.3, 0.4) is 0 Å². The minimum Gasteiger partial charge on any atom is -0.481 e. The fraction of sp³-hybridized carbons (Fsp3) is 0.222. The average molecular weight is 367 g/mol. The van der Waals surface area contributed by atoms with Gasteiger partial charge in [-0.05, 0) is 47.2 Å². The highest BCUT2D eigenvalue weighted by Gasteiger charge is 2.16. The second kappa shape index (κ2) is 8.18. The largest absolute Gasteiger partial charge is 0.481 e. The van der Waals surface area contributed by atoms with Gasteiger partial charge in [0.05, 0.1) is 0 Å². The summed E-state index contributed by atoms with van der Waals surface area (Å²) in [4.78, 5) is 21.8. The molecule has 0 aliphatic heterocycles. The molecule has 24 heavy (non-hydrogen) atoms. The second-order valence-corrected chi connectivity index (χ2v) is 6.13. The minimum absolute atomic E-state index is 0.0399. The first-order chi connectivity index (χ1) is 11.4. The number of carboxylic acid groups (broad SMARTS) is 2. The van der Waals surface area contributed by atoms with E-state index in [2.05, 4.69) is 0 Å². The molecule has 0 unspecified atom stereocenters. The van der Waals surface area contributed by atoms with Crippen LogP contribution in [0.5, 0.6) is 0 Å². The molecule has 0 spiro atoms. The van der Waals surface area contributed by atoms with Gasteiger partial charge in [-0.1, -0.05) is 47.5 Å². The molecule has 2 rings (SSSR count). The zero-order chi connectivity index (χ0) is 17.7. The van der Waals surface area contributed by atoms with E-state index in [1.807, 2.05) is 12.1 Å². The van der Waals surface area contributed by atoms with E-state index in [4.69, 9.17) is 33.4 Å². The van der Waals surface area contributed by atoms with Crippen molar-refractivity contribution in [2.45, 2.75) is 25.7 Å². The molecule has 0 atom stereocenters. The Bertz CT molecular complexity index is 706. The van der Waals surface area contributed by atoms with E-state index in [1.165, 1.54) is 0 Å². The Morgan fingerprint density at radius 1 is 0.750 bits per heavy atom. The number of halogens is 2. The molecule has 0 aliphatic carbocycles. The lowest BCUT2D eigenvalue weighted by Crippen LogP contribution is -2.03. The van der Waals surface area contributed by atoms with Gasteiger partial charge in [-0.3, -0.25) is 9.59 Å². The van der Waals surface area contributed by atoms with Crippen molar-refractivity contribution in [1.29, 1.82) is 0 Å². The van der Waals surface area contributed by atoms with Crippen LogP contribution in [0.1, 0.15) is 24.0 Å². The van der Waals surface area contributed by atoms with Gasteiger partial charge in [0, 0.05) is 22.9 Å². The highest BCUT2D eigenvalue weighted by atomic mass is 35.5. The summed E-state index contributed by atoms with van der Waals surface area (Å²) in [7, 11) is 0. The first kappa shape index (κ1) is 18.3. The molecule has 0 bridgehead atoms. The van der Waals surface area contributed by atoms with E-state index < -0.39 is 11.9 Å². The molecule has 6 heteroatoms. The minimum atomic E-state index is -0.905. The fourth-order valence-corrected chi connectivity index (χ4v) is 3.13. The van der Waals surface area contributed by atoms with E-state index in [0.717, 1.165) is 22.3 Å². The summed E-state index contributed by atoms with van der Waals surface area (Å²) in [5.74, 6) is -1.81. The van der Waals surface area contributed by atoms with E-state index in [1.54, 1.807) is 24.3 Å². The van der Waals surface area contributed by atoms with Crippen LogP contribution in [0.15, 0.2) is 36.4 Å². The third-order valence-electron chi connectivity index (χ3n) is 3.71. The predicted octanol–water partition coefficient (Wildman–Crippen LogP) is 4.69. The van der Waals surface area contributed by atoms with E-state index in [0.29, 0.717) is 10.0 Å². The summed E-state index contributed by atoms with van der Waals surface area (Å²) in [6.07, 6.45) is 0.494. The number of hydrogen-bond donors (Lipinski definition) is 2. The SMILES string of the molecule is O=C(O)CCc1c(Cl)cccc1-c1cccc(Cl)c1CCC(=O)O. The molecule has 2 N–H and O–H groups in total. The van der Waals surface area contributed by atoms with Gasteiger partial charge in [-0.25, -0.2) is 0 Å². The van der Waals surface area contributed by atoms with E-state index >= 15 is 0 Å². The average Bonchev–Trinajstić information content (AvgIpc) is 2.51. The zero-order valence-electron chi connectivity index (χ0n) is 12.8. The molecule has 0 saturated heterocycles. The molecule has 0 aromatic heterocycles. The molecule has 4 nitrogen and oxygen atoms in total. The van der Waals surface area contributed by atoms with Crippen LogP contribution in [-0.4, -0.2) is 22.2 Å².